The third-order valence-corrected chi connectivity index (χ3v) is 28.4. The predicted octanol–water partition coefficient (Wildman–Crippen LogP) is 20.5. The number of halogens is 5. The molecule has 12 aromatic heterocycles. The summed E-state index contributed by atoms with van der Waals surface area (Å²) in [4.78, 5) is 80.3. The van der Waals surface area contributed by atoms with E-state index in [2.05, 4.69) is 124 Å². The second-order valence-corrected chi connectivity index (χ2v) is 40.2. The van der Waals surface area contributed by atoms with Gasteiger partial charge in [-0.1, -0.05) is 99.5 Å². The minimum absolute atomic E-state index is 0.279. The molecule has 0 saturated carbocycles. The predicted molar refractivity (Wildman–Crippen MR) is 566 cm³/mol. The van der Waals surface area contributed by atoms with Crippen LogP contribution in [0.5, 0.6) is 0 Å². The Labute approximate surface area is 861 Å². The van der Waals surface area contributed by atoms with Crippen molar-refractivity contribution in [1.29, 1.82) is 0 Å². The van der Waals surface area contributed by atoms with Crippen molar-refractivity contribution < 1.29 is 9.53 Å². The Morgan fingerprint density at radius 2 is 0.576 bits per heavy atom. The number of allylic oxidation sites excluding steroid dienone is 3. The van der Waals surface area contributed by atoms with E-state index in [0.29, 0.717) is 96.5 Å². The summed E-state index contributed by atoms with van der Waals surface area (Å²) < 4.78 is 18.9. The van der Waals surface area contributed by atoms with Crippen LogP contribution >= 0.6 is 58.0 Å². The van der Waals surface area contributed by atoms with Crippen LogP contribution in [-0.4, -0.2) is 185 Å². The van der Waals surface area contributed by atoms with E-state index in [4.69, 9.17) is 133 Å². The minimum atomic E-state index is -0.419. The molecule has 144 heavy (non-hydrogen) atoms. The van der Waals surface area contributed by atoms with Gasteiger partial charge in [-0.25, -0.2) is 42.2 Å². The number of ether oxygens (including phenoxy) is 1. The molecule has 16 heterocycles. The summed E-state index contributed by atoms with van der Waals surface area (Å²) in [5, 5.41) is 39.8. The molecule has 0 saturated heterocycles. The lowest BCUT2D eigenvalue weighted by Gasteiger charge is -2.24. The normalized spacial score (nSPS) is 15.0. The van der Waals surface area contributed by atoms with Crippen LogP contribution < -0.4 is 24.5 Å². The maximum absolute atomic E-state index is 12.2. The van der Waals surface area contributed by atoms with Gasteiger partial charge in [0.05, 0.1) is 89.7 Å². The number of hydrogen-bond acceptors (Lipinski definition) is 27. The molecule has 40 heteroatoms. The summed E-state index contributed by atoms with van der Waals surface area (Å²) >= 11 is 31.8. The Morgan fingerprint density at radius 1 is 0.312 bits per heavy atom. The molecule has 4 aromatic carbocycles. The number of fused-ring (bicyclic) bond motifs is 4. The molecule has 0 N–H and O–H groups in total. The van der Waals surface area contributed by atoms with Gasteiger partial charge in [-0.05, 0) is 263 Å². The first-order valence-corrected chi connectivity index (χ1v) is 48.9. The van der Waals surface area contributed by atoms with Gasteiger partial charge in [-0.15, -0.1) is 0 Å². The first kappa shape index (κ1) is 101. The van der Waals surface area contributed by atoms with Crippen molar-refractivity contribution in [2.24, 2.45) is 0 Å². The van der Waals surface area contributed by atoms with Crippen LogP contribution in [0, 0.1) is 125 Å². The van der Waals surface area contributed by atoms with Crippen molar-refractivity contribution in [2.45, 2.75) is 196 Å². The van der Waals surface area contributed by atoms with Crippen molar-refractivity contribution in [2.75, 3.05) is 65.8 Å². The van der Waals surface area contributed by atoms with E-state index in [1.807, 2.05) is 248 Å². The number of benzene rings is 4. The molecule has 0 unspecified atom stereocenters. The van der Waals surface area contributed by atoms with Gasteiger partial charge in [-0.2, -0.15) is 101 Å². The molecule has 35 nitrogen and oxygen atoms in total. The largest absolute Gasteiger partial charge is 0.465 e. The van der Waals surface area contributed by atoms with Crippen molar-refractivity contribution in [3.8, 4) is 47.6 Å². The van der Waals surface area contributed by atoms with Crippen molar-refractivity contribution in [3.05, 3.63) is 293 Å². The number of rotatable bonds is 15. The maximum Gasteiger partial charge on any atom is 0.337 e. The molecule has 0 fully saturated rings. The van der Waals surface area contributed by atoms with Gasteiger partial charge < -0.3 is 29.2 Å². The van der Waals surface area contributed by atoms with Crippen LogP contribution in [0.15, 0.2) is 120 Å². The fourth-order valence-electron chi connectivity index (χ4n) is 19.0. The van der Waals surface area contributed by atoms with E-state index in [0.717, 1.165) is 183 Å². The van der Waals surface area contributed by atoms with Gasteiger partial charge in [-0.3, -0.25) is 0 Å². The molecule has 4 aliphatic rings. The highest BCUT2D eigenvalue weighted by Gasteiger charge is 2.43. The van der Waals surface area contributed by atoms with Crippen molar-refractivity contribution in [3.63, 3.8) is 0 Å². The maximum atomic E-state index is 12.2. The number of aromatic nitrogens is 28. The third kappa shape index (κ3) is 18.8. The van der Waals surface area contributed by atoms with E-state index < -0.39 is 5.41 Å². The molecule has 16 aromatic rings. The minimum Gasteiger partial charge on any atom is -0.465 e. The first-order chi connectivity index (χ1) is 68.0. The number of esters is 1. The van der Waals surface area contributed by atoms with Gasteiger partial charge in [0.1, 0.15) is 5.82 Å². The summed E-state index contributed by atoms with van der Waals surface area (Å²) in [7, 11) is 7.45. The fraction of sp³-hybridized carbons (Fsp3) is 0.337. The Morgan fingerprint density at radius 3 is 0.854 bits per heavy atom. The quantitative estimate of drug-likeness (QED) is 0.0860. The Kier molecular flexibility index (Phi) is 27.1. The Hall–Kier alpha value is -14.5. The highest BCUT2D eigenvalue weighted by atomic mass is 35.5. The Bertz CT molecular complexity index is 7690. The number of hydrogen-bond donors (Lipinski definition) is 0. The number of methoxy groups -OCH3 is 1. The zero-order valence-electron chi connectivity index (χ0n) is 86.4. The summed E-state index contributed by atoms with van der Waals surface area (Å²) in [5.74, 6) is 6.07. The molecular weight excluding hydrogens is 1920 g/mol. The lowest BCUT2D eigenvalue weighted by molar-refractivity contribution is 0.0600. The smallest absolute Gasteiger partial charge is 0.337 e. The summed E-state index contributed by atoms with van der Waals surface area (Å²) in [5.41, 5.74) is 27.9. The highest BCUT2D eigenvalue weighted by molar-refractivity contribution is 6.43. The van der Waals surface area contributed by atoms with E-state index in [1.54, 1.807) is 43.5 Å². The summed E-state index contributed by atoms with van der Waals surface area (Å²) in [6.45, 7) is 54.2. The van der Waals surface area contributed by atoms with Gasteiger partial charge in [0.15, 0.2) is 23.3 Å². The number of carbonyl (C=O) groups excluding carboxylic acids is 1. The molecule has 0 amide bonds. The van der Waals surface area contributed by atoms with E-state index in [1.165, 1.54) is 12.7 Å². The number of likely N-dealkylation sites (N-methyl/N-ethyl adjacent to an activating group) is 3. The molecule has 20 rings (SSSR count). The van der Waals surface area contributed by atoms with Crippen LogP contribution in [0.25, 0.3) is 71.9 Å². The fourth-order valence-corrected chi connectivity index (χ4v) is 19.9. The number of anilines is 5. The summed E-state index contributed by atoms with van der Waals surface area (Å²) in [6.07, 6.45) is 7.93. The lowest BCUT2D eigenvalue weighted by Crippen LogP contribution is -2.28. The third-order valence-electron chi connectivity index (χ3n) is 26.8. The van der Waals surface area contributed by atoms with Crippen LogP contribution in [-0.2, 0) is 21.0 Å². The molecule has 742 valence electrons. The Balaban J connectivity index is 0.000000132. The van der Waals surface area contributed by atoms with E-state index >= 15 is 0 Å². The van der Waals surface area contributed by atoms with Crippen molar-refractivity contribution in [1.82, 2.24) is 138 Å². The van der Waals surface area contributed by atoms with Crippen LogP contribution in [0.4, 0.5) is 28.4 Å². The van der Waals surface area contributed by atoms with E-state index in [9.17, 15) is 4.79 Å². The average Bonchev–Trinajstić information content (AvgIpc) is 1.59. The zero-order chi connectivity index (χ0) is 104. The van der Waals surface area contributed by atoms with Crippen LogP contribution in [0.1, 0.15) is 208 Å². The monoisotopic (exact) mass is 2030 g/mol. The SMILES string of the molecule is CCN1C(=Cc2nc(-n3nc(C)c(C)c3C)nc(-n3nc(C)c(C)c3C)n2)N(CC)c2cc(Cl)c(Cl)cc21.COC(=O)c1ccc2c(c1)C(C)(C)/C(=C/c1nc(-n3nc(C)cc3C)nc(-n3nc(C)cc3C)n1)N2C.Cc1cc(C)n(-c2nc(/C=C3\N(C)c4cc(Cl)c(Cl)cc4C3(C)C)nc(-n3nc(C)cc3C)n2)n1.Cc1cc(C)n(-c2nc(/C=C3\N(C)c4ccc(Cl)cc4C3(C)C)nc(-n3nc(C)cc3C)n2)n1. The van der Waals surface area contributed by atoms with Crippen LogP contribution in [0.3, 0.4) is 0 Å². The lowest BCUT2D eigenvalue weighted by atomic mass is 9.83. The number of carbonyl (C=O) groups is 1. The molecule has 0 aliphatic carbocycles. The summed E-state index contributed by atoms with van der Waals surface area (Å²) in [6, 6.07) is 31.2. The molecular formula is C104H114Cl5N33O2. The highest BCUT2D eigenvalue weighted by Crippen LogP contribution is 2.53. The second kappa shape index (κ2) is 38.6. The topological polar surface area (TPSA) is 340 Å². The number of aryl methyl sites for hydroxylation is 14. The molecule has 4 aliphatic heterocycles. The number of nitrogens with zero attached hydrogens (tertiary/aromatic N) is 33. The van der Waals surface area contributed by atoms with Crippen molar-refractivity contribution >= 4 is 117 Å². The first-order valence-electron chi connectivity index (χ1n) is 47.0. The molecule has 0 spiro atoms. The standard InChI is InChI=1S/C27H31Cl2N9.C27H30N8O2.C25H26Cl2N8.C25H27ClN8/c1-9-35-22-11-20(28)21(29)12-23(22)36(10-2)25(35)13-24-30-26(37-18(7)14(3)16(5)33-37)32-27(31-24)38-19(8)15(4)17(6)34-38;1-15-11-17(3)34(31-15)25-28-23(29-26(30-25)35-18(4)12-16(2)32-35)14-22-27(5,6)20-13-19(24(36)37-8)9-10-21(20)33(22)7;1-13-8-15(3)34(31-13)23-28-22(29-24(30-23)35-16(4)9-14(2)32-35)12-21-25(5,6)17-10-18(26)19(27)11-20(17)33(21)7;1-14-10-16(3)33(30-14)23-27-22(28-24(29-23)34-17(4)11-15(2)31-34)13-21-25(5,6)19-12-18(26)8-9-20(19)32(21)7/h11-13H,9-10H2,1-8H3;9-14H,1-8H3;8-12H,1-7H3;8-13H,1-7H3/b;22-14-;21-12-;21-13-. The van der Waals surface area contributed by atoms with Gasteiger partial charge in [0.25, 0.3) is 47.6 Å². The van der Waals surface area contributed by atoms with Gasteiger partial charge in [0, 0.05) is 160 Å². The van der Waals surface area contributed by atoms with Crippen LogP contribution in [0.2, 0.25) is 25.1 Å². The average molecular weight is 2040 g/mol. The second-order valence-electron chi connectivity index (χ2n) is 38.2. The molecule has 0 radical (unpaired) electrons. The molecule has 0 bridgehead atoms. The van der Waals surface area contributed by atoms with Gasteiger partial charge >= 0.3 is 5.97 Å². The van der Waals surface area contributed by atoms with Gasteiger partial charge in [0.2, 0.25) is 0 Å². The molecule has 0 atom stereocenters. The zero-order valence-corrected chi connectivity index (χ0v) is 90.2. The van der Waals surface area contributed by atoms with E-state index in [-0.39, 0.29) is 16.8 Å².